The molecule has 0 bridgehead atoms. The Morgan fingerprint density at radius 3 is 2.73 bits per heavy atom. The number of nitrogens with zero attached hydrogens (tertiary/aromatic N) is 2. The third kappa shape index (κ3) is 3.54. The molecule has 2 aromatic carbocycles. The molecule has 1 N–H and O–H groups in total. The SMILES string of the molecule is O=C(OCc1ccccc1)N1CCC(c2nc3ccc(F)cc3[nH]2)CC1. The normalized spacial score (nSPS) is 15.3. The highest BCUT2D eigenvalue weighted by molar-refractivity contribution is 5.75. The molecular weight excluding hydrogens is 333 g/mol. The molecule has 1 aromatic heterocycles. The number of aromatic nitrogens is 2. The highest BCUT2D eigenvalue weighted by atomic mass is 19.1. The van der Waals surface area contributed by atoms with Gasteiger partial charge in [0.2, 0.25) is 0 Å². The molecule has 134 valence electrons. The van der Waals surface area contributed by atoms with Gasteiger partial charge >= 0.3 is 6.09 Å². The maximum absolute atomic E-state index is 13.3. The van der Waals surface area contributed by atoms with Crippen molar-refractivity contribution < 1.29 is 13.9 Å². The fourth-order valence-electron chi connectivity index (χ4n) is 3.34. The second-order valence-corrected chi connectivity index (χ2v) is 6.59. The highest BCUT2D eigenvalue weighted by Gasteiger charge is 2.26. The summed E-state index contributed by atoms with van der Waals surface area (Å²) in [6.45, 7) is 1.54. The Hall–Kier alpha value is -2.89. The van der Waals surface area contributed by atoms with Crippen molar-refractivity contribution in [1.82, 2.24) is 14.9 Å². The van der Waals surface area contributed by atoms with Crippen LogP contribution in [-0.4, -0.2) is 34.1 Å². The van der Waals surface area contributed by atoms with Crippen molar-refractivity contribution in [2.45, 2.75) is 25.4 Å². The molecular formula is C20H20FN3O2. The number of fused-ring (bicyclic) bond motifs is 1. The maximum atomic E-state index is 13.3. The van der Waals surface area contributed by atoms with E-state index in [1.54, 1.807) is 11.0 Å². The average molecular weight is 353 g/mol. The molecule has 0 radical (unpaired) electrons. The van der Waals surface area contributed by atoms with Gasteiger partial charge in [-0.25, -0.2) is 14.2 Å². The number of ether oxygens (including phenoxy) is 1. The summed E-state index contributed by atoms with van der Waals surface area (Å²) in [7, 11) is 0. The number of carbonyl (C=O) groups excluding carboxylic acids is 1. The summed E-state index contributed by atoms with van der Waals surface area (Å²) in [6, 6.07) is 14.2. The average Bonchev–Trinajstić information content (AvgIpc) is 3.10. The minimum Gasteiger partial charge on any atom is -0.445 e. The van der Waals surface area contributed by atoms with Crippen LogP contribution in [0.3, 0.4) is 0 Å². The van der Waals surface area contributed by atoms with Gasteiger partial charge < -0.3 is 14.6 Å². The van der Waals surface area contributed by atoms with Crippen molar-refractivity contribution in [3.8, 4) is 0 Å². The lowest BCUT2D eigenvalue weighted by atomic mass is 9.96. The molecule has 2 heterocycles. The molecule has 0 unspecified atom stereocenters. The van der Waals surface area contributed by atoms with Gasteiger partial charge in [-0.1, -0.05) is 30.3 Å². The number of imidazole rings is 1. The van der Waals surface area contributed by atoms with Crippen molar-refractivity contribution in [3.05, 3.63) is 65.7 Å². The first-order valence-corrected chi connectivity index (χ1v) is 8.80. The lowest BCUT2D eigenvalue weighted by Gasteiger charge is -2.30. The molecule has 26 heavy (non-hydrogen) atoms. The van der Waals surface area contributed by atoms with Gasteiger partial charge in [-0.3, -0.25) is 0 Å². The minimum atomic E-state index is -0.279. The van der Waals surface area contributed by atoms with Crippen LogP contribution in [0, 0.1) is 5.82 Å². The van der Waals surface area contributed by atoms with E-state index in [0.29, 0.717) is 18.6 Å². The Bertz CT molecular complexity index is 902. The summed E-state index contributed by atoms with van der Waals surface area (Å²) < 4.78 is 18.7. The van der Waals surface area contributed by atoms with Gasteiger partial charge in [0.25, 0.3) is 0 Å². The van der Waals surface area contributed by atoms with Crippen LogP contribution in [0.25, 0.3) is 11.0 Å². The Balaban J connectivity index is 1.33. The molecule has 0 atom stereocenters. The summed E-state index contributed by atoms with van der Waals surface area (Å²) in [5.74, 6) is 0.829. The zero-order valence-corrected chi connectivity index (χ0v) is 14.3. The first kappa shape index (κ1) is 16.6. The monoisotopic (exact) mass is 353 g/mol. The van der Waals surface area contributed by atoms with Crippen molar-refractivity contribution >= 4 is 17.1 Å². The van der Waals surface area contributed by atoms with Crippen LogP contribution in [0.2, 0.25) is 0 Å². The quantitative estimate of drug-likeness (QED) is 0.767. The van der Waals surface area contributed by atoms with Gasteiger partial charge in [-0.05, 0) is 36.6 Å². The maximum Gasteiger partial charge on any atom is 0.410 e. The largest absolute Gasteiger partial charge is 0.445 e. The number of nitrogens with one attached hydrogen (secondary N) is 1. The Labute approximate surface area is 150 Å². The van der Waals surface area contributed by atoms with E-state index in [0.717, 1.165) is 29.7 Å². The van der Waals surface area contributed by atoms with E-state index in [2.05, 4.69) is 9.97 Å². The first-order valence-electron chi connectivity index (χ1n) is 8.80. The van der Waals surface area contributed by atoms with Gasteiger partial charge in [-0.2, -0.15) is 0 Å². The van der Waals surface area contributed by atoms with E-state index in [4.69, 9.17) is 4.74 Å². The number of hydrogen-bond donors (Lipinski definition) is 1. The topological polar surface area (TPSA) is 58.2 Å². The molecule has 1 fully saturated rings. The number of piperidine rings is 1. The van der Waals surface area contributed by atoms with E-state index in [1.165, 1.54) is 12.1 Å². The summed E-state index contributed by atoms with van der Waals surface area (Å²) >= 11 is 0. The van der Waals surface area contributed by atoms with E-state index in [-0.39, 0.29) is 24.4 Å². The van der Waals surface area contributed by atoms with Gasteiger partial charge in [0.15, 0.2) is 0 Å². The number of H-pyrrole nitrogens is 1. The second-order valence-electron chi connectivity index (χ2n) is 6.59. The van der Waals surface area contributed by atoms with Crippen LogP contribution < -0.4 is 0 Å². The lowest BCUT2D eigenvalue weighted by Crippen LogP contribution is -2.38. The zero-order chi connectivity index (χ0) is 17.9. The molecule has 0 saturated carbocycles. The predicted octanol–water partition coefficient (Wildman–Crippen LogP) is 4.22. The van der Waals surface area contributed by atoms with Crippen molar-refractivity contribution in [2.24, 2.45) is 0 Å². The third-order valence-electron chi connectivity index (χ3n) is 4.81. The molecule has 0 spiro atoms. The fourth-order valence-corrected chi connectivity index (χ4v) is 3.34. The smallest absolute Gasteiger partial charge is 0.410 e. The van der Waals surface area contributed by atoms with Gasteiger partial charge in [0.05, 0.1) is 11.0 Å². The minimum absolute atomic E-state index is 0.239. The number of benzene rings is 2. The van der Waals surface area contributed by atoms with E-state index < -0.39 is 0 Å². The summed E-state index contributed by atoms with van der Waals surface area (Å²) in [6.07, 6.45) is 1.34. The predicted molar refractivity (Wildman–Crippen MR) is 96.2 cm³/mol. The van der Waals surface area contributed by atoms with Crippen LogP contribution in [0.5, 0.6) is 0 Å². The molecule has 6 heteroatoms. The van der Waals surface area contributed by atoms with Crippen LogP contribution in [-0.2, 0) is 11.3 Å². The zero-order valence-electron chi connectivity index (χ0n) is 14.3. The molecule has 1 aliphatic heterocycles. The molecule has 5 nitrogen and oxygen atoms in total. The lowest BCUT2D eigenvalue weighted by molar-refractivity contribution is 0.0867. The first-order chi connectivity index (χ1) is 12.7. The molecule has 3 aromatic rings. The van der Waals surface area contributed by atoms with Gasteiger partial charge in [0.1, 0.15) is 18.2 Å². The van der Waals surface area contributed by atoms with Gasteiger partial charge in [0, 0.05) is 19.0 Å². The number of amides is 1. The van der Waals surface area contributed by atoms with Crippen molar-refractivity contribution in [3.63, 3.8) is 0 Å². The van der Waals surface area contributed by atoms with Crippen molar-refractivity contribution in [2.75, 3.05) is 13.1 Å². The van der Waals surface area contributed by atoms with Crippen molar-refractivity contribution in [1.29, 1.82) is 0 Å². The molecule has 1 amide bonds. The molecule has 4 rings (SSSR count). The fraction of sp³-hybridized carbons (Fsp3) is 0.300. The van der Waals surface area contributed by atoms with E-state index in [9.17, 15) is 9.18 Å². The summed E-state index contributed by atoms with van der Waals surface area (Å²) in [4.78, 5) is 21.7. The van der Waals surface area contributed by atoms with E-state index in [1.807, 2.05) is 30.3 Å². The van der Waals surface area contributed by atoms with Crippen LogP contribution in [0.4, 0.5) is 9.18 Å². The summed E-state index contributed by atoms with van der Waals surface area (Å²) in [5, 5.41) is 0. The number of aromatic amines is 1. The van der Waals surface area contributed by atoms with Crippen LogP contribution in [0.1, 0.15) is 30.1 Å². The number of hydrogen-bond acceptors (Lipinski definition) is 3. The second kappa shape index (κ2) is 7.15. The van der Waals surface area contributed by atoms with Gasteiger partial charge in [-0.15, -0.1) is 0 Å². The third-order valence-corrected chi connectivity index (χ3v) is 4.81. The van der Waals surface area contributed by atoms with E-state index >= 15 is 0 Å². The van der Waals surface area contributed by atoms with Crippen LogP contribution in [0.15, 0.2) is 48.5 Å². The highest BCUT2D eigenvalue weighted by Crippen LogP contribution is 2.28. The van der Waals surface area contributed by atoms with Crippen LogP contribution >= 0.6 is 0 Å². The Morgan fingerprint density at radius 1 is 1.19 bits per heavy atom. The number of likely N-dealkylation sites (tertiary alicyclic amines) is 1. The summed E-state index contributed by atoms with van der Waals surface area (Å²) in [5.41, 5.74) is 2.46. The Morgan fingerprint density at radius 2 is 1.96 bits per heavy atom. The number of halogens is 1. The number of rotatable bonds is 3. The number of carbonyl (C=O) groups is 1. The molecule has 0 aliphatic carbocycles. The standard InChI is InChI=1S/C20H20FN3O2/c21-16-6-7-17-18(12-16)23-19(22-17)15-8-10-24(11-9-15)20(25)26-13-14-4-2-1-3-5-14/h1-7,12,15H,8-11,13H2,(H,22,23). The molecule has 1 saturated heterocycles. The Kier molecular flexibility index (Phi) is 4.56. The molecule has 1 aliphatic rings.